The fourth-order valence-electron chi connectivity index (χ4n) is 10.3. The average Bonchev–Trinajstić information content (AvgIpc) is 3.77. The summed E-state index contributed by atoms with van der Waals surface area (Å²) in [6, 6.07) is 67.8. The molecule has 56 heavy (non-hydrogen) atoms. The van der Waals surface area contributed by atoms with Gasteiger partial charge in [-0.25, -0.2) is 0 Å². The van der Waals surface area contributed by atoms with Gasteiger partial charge in [-0.2, -0.15) is 0 Å². The lowest BCUT2D eigenvalue weighted by Crippen LogP contribution is -1.94. The molecule has 1 heteroatoms. The monoisotopic (exact) mass is 705 g/mol. The van der Waals surface area contributed by atoms with E-state index in [1.165, 1.54) is 126 Å². The highest BCUT2D eigenvalue weighted by atomic mass is 14.7. The third kappa shape index (κ3) is 3.91. The summed E-state index contributed by atoms with van der Waals surface area (Å²) in [6.07, 6.45) is 1.92. The molecule has 0 amide bonds. The van der Waals surface area contributed by atoms with E-state index < -0.39 is 0 Å². The zero-order valence-corrected chi connectivity index (χ0v) is 30.3. The third-order valence-corrected chi connectivity index (χ3v) is 12.5. The van der Waals surface area contributed by atoms with Crippen molar-refractivity contribution in [2.75, 3.05) is 0 Å². The number of rotatable bonds is 3. The van der Waals surface area contributed by atoms with Crippen LogP contribution in [0.15, 0.2) is 188 Å². The summed E-state index contributed by atoms with van der Waals surface area (Å²) in [5, 5.41) is 12.8. The van der Waals surface area contributed by atoms with Gasteiger partial charge in [0, 0.05) is 17.3 Å². The molecule has 0 saturated carbocycles. The Morgan fingerprint density at radius 2 is 0.857 bits per heavy atom. The summed E-state index contributed by atoms with van der Waals surface area (Å²) in [5.74, 6) is 0. The molecule has 2 aliphatic carbocycles. The van der Waals surface area contributed by atoms with Crippen LogP contribution in [-0.4, -0.2) is 4.98 Å². The molecule has 0 unspecified atom stereocenters. The summed E-state index contributed by atoms with van der Waals surface area (Å²) in [5.41, 5.74) is 17.6. The minimum Gasteiger partial charge on any atom is -0.256 e. The highest BCUT2D eigenvalue weighted by molar-refractivity contribution is 6.30. The third-order valence-electron chi connectivity index (χ3n) is 12.5. The largest absolute Gasteiger partial charge is 0.256 e. The van der Waals surface area contributed by atoms with Crippen molar-refractivity contribution in [2.45, 2.75) is 0 Å². The van der Waals surface area contributed by atoms with Crippen LogP contribution < -0.4 is 0 Å². The number of pyridine rings is 1. The molecule has 0 bridgehead atoms. The fourth-order valence-corrected chi connectivity index (χ4v) is 10.3. The van der Waals surface area contributed by atoms with Crippen LogP contribution in [0.4, 0.5) is 0 Å². The molecule has 1 heterocycles. The van der Waals surface area contributed by atoms with Gasteiger partial charge < -0.3 is 0 Å². The van der Waals surface area contributed by atoms with Crippen molar-refractivity contribution in [2.24, 2.45) is 0 Å². The predicted octanol–water partition coefficient (Wildman–Crippen LogP) is 15.1. The van der Waals surface area contributed by atoms with Gasteiger partial charge in [0.2, 0.25) is 0 Å². The van der Waals surface area contributed by atoms with Crippen LogP contribution in [0.3, 0.4) is 0 Å². The maximum Gasteiger partial charge on any atom is 0.0787 e. The van der Waals surface area contributed by atoms with Crippen molar-refractivity contribution in [3.63, 3.8) is 0 Å². The van der Waals surface area contributed by atoms with E-state index >= 15 is 0 Å². The molecule has 0 atom stereocenters. The molecule has 10 aromatic carbocycles. The number of aromatic nitrogens is 1. The normalized spacial score (nSPS) is 12.3. The molecule has 1 aromatic heterocycles. The second-order valence-electron chi connectivity index (χ2n) is 15.3. The quantitative estimate of drug-likeness (QED) is 0.167. The Labute approximate surface area is 323 Å². The molecule has 2 aliphatic rings. The first-order valence-electron chi connectivity index (χ1n) is 19.5. The van der Waals surface area contributed by atoms with Crippen LogP contribution in [-0.2, 0) is 0 Å². The van der Waals surface area contributed by atoms with Crippen molar-refractivity contribution in [1.82, 2.24) is 4.98 Å². The maximum absolute atomic E-state index is 4.89. The standard InChI is InChI=1S/C55H31N/c1-3-13-33(14-4-1)50-40-27-26-35(29-47(40)51(34-15-5-2-6-16-34)54-43-24-10-18-32-17-9-23-42(49(32)43)53(50)54)44-30-46-39-22-11-21-38-41-25-12-28-56-55(41)48(52(38)39)31-45(46)37-20-8-7-19-36(37)44/h1-31H. The highest BCUT2D eigenvalue weighted by Crippen LogP contribution is 2.58. The van der Waals surface area contributed by atoms with Gasteiger partial charge in [-0.15, -0.1) is 0 Å². The first-order chi connectivity index (χ1) is 27.8. The van der Waals surface area contributed by atoms with Crippen LogP contribution >= 0.6 is 0 Å². The number of nitrogens with zero attached hydrogens (tertiary/aromatic N) is 1. The van der Waals surface area contributed by atoms with E-state index in [0.29, 0.717) is 0 Å². The Kier molecular flexibility index (Phi) is 5.95. The molecule has 11 aromatic rings. The minimum atomic E-state index is 1.08. The van der Waals surface area contributed by atoms with Crippen LogP contribution in [0.1, 0.15) is 0 Å². The maximum atomic E-state index is 4.89. The number of benzene rings is 10. The molecule has 0 spiro atoms. The van der Waals surface area contributed by atoms with Crippen molar-refractivity contribution in [3.8, 4) is 78.0 Å². The van der Waals surface area contributed by atoms with Gasteiger partial charge in [-0.1, -0.05) is 158 Å². The molecule has 13 rings (SSSR count). The van der Waals surface area contributed by atoms with Crippen LogP contribution in [0.2, 0.25) is 0 Å². The van der Waals surface area contributed by atoms with E-state index in [1.807, 2.05) is 6.20 Å². The Morgan fingerprint density at radius 1 is 0.268 bits per heavy atom. The number of fused-ring (bicyclic) bond motifs is 11. The lowest BCUT2D eigenvalue weighted by atomic mass is 9.81. The fraction of sp³-hybridized carbons (Fsp3) is 0. The van der Waals surface area contributed by atoms with E-state index in [0.717, 1.165) is 5.69 Å². The average molecular weight is 706 g/mol. The first-order valence-corrected chi connectivity index (χ1v) is 19.5. The van der Waals surface area contributed by atoms with Crippen LogP contribution in [0.5, 0.6) is 0 Å². The molecule has 0 radical (unpaired) electrons. The van der Waals surface area contributed by atoms with Gasteiger partial charge in [0.15, 0.2) is 0 Å². The van der Waals surface area contributed by atoms with E-state index in [1.54, 1.807) is 0 Å². The lowest BCUT2D eigenvalue weighted by molar-refractivity contribution is 1.35. The lowest BCUT2D eigenvalue weighted by Gasteiger charge is -2.21. The molecule has 0 fully saturated rings. The van der Waals surface area contributed by atoms with E-state index in [9.17, 15) is 0 Å². The van der Waals surface area contributed by atoms with Crippen molar-refractivity contribution < 1.29 is 0 Å². The summed E-state index contributed by atoms with van der Waals surface area (Å²) in [7, 11) is 0. The van der Waals surface area contributed by atoms with Gasteiger partial charge in [-0.05, 0) is 139 Å². The Bertz CT molecular complexity index is 3500. The van der Waals surface area contributed by atoms with Gasteiger partial charge >= 0.3 is 0 Å². The number of hydrogen-bond donors (Lipinski definition) is 0. The molecule has 1 nitrogen and oxygen atoms in total. The Balaban J connectivity index is 1.17. The highest BCUT2D eigenvalue weighted by Gasteiger charge is 2.31. The SMILES string of the molecule is c1ccc(-c2c3c(c(-c4ccccc4)c4cc(-c5cc6c7cccc8c7c(cc6c6ccccc56)-c5ncccc5-8)ccc24)-c2cccc4cccc-3c24)cc1. The summed E-state index contributed by atoms with van der Waals surface area (Å²) in [6.45, 7) is 0. The van der Waals surface area contributed by atoms with Gasteiger partial charge in [0.05, 0.1) is 5.69 Å². The van der Waals surface area contributed by atoms with Gasteiger partial charge in [0.1, 0.15) is 0 Å². The molecule has 0 N–H and O–H groups in total. The van der Waals surface area contributed by atoms with Gasteiger partial charge in [0.25, 0.3) is 0 Å². The van der Waals surface area contributed by atoms with Crippen molar-refractivity contribution >= 4 is 53.9 Å². The molecule has 256 valence electrons. The number of hydrogen-bond acceptors (Lipinski definition) is 1. The molecule has 0 saturated heterocycles. The predicted molar refractivity (Wildman–Crippen MR) is 237 cm³/mol. The van der Waals surface area contributed by atoms with Gasteiger partial charge in [-0.3, -0.25) is 4.98 Å². The first kappa shape index (κ1) is 30.0. The summed E-state index contributed by atoms with van der Waals surface area (Å²) < 4.78 is 0. The van der Waals surface area contributed by atoms with E-state index in [-0.39, 0.29) is 0 Å². The van der Waals surface area contributed by atoms with Crippen molar-refractivity contribution in [3.05, 3.63) is 188 Å². The molecular formula is C55H31N. The zero-order valence-electron chi connectivity index (χ0n) is 30.3. The van der Waals surface area contributed by atoms with Crippen molar-refractivity contribution in [1.29, 1.82) is 0 Å². The second kappa shape index (κ2) is 11.1. The second-order valence-corrected chi connectivity index (χ2v) is 15.3. The van der Waals surface area contributed by atoms with Crippen LogP contribution in [0, 0.1) is 0 Å². The Morgan fingerprint density at radius 3 is 1.61 bits per heavy atom. The van der Waals surface area contributed by atoms with Crippen LogP contribution in [0.25, 0.3) is 132 Å². The summed E-state index contributed by atoms with van der Waals surface area (Å²) >= 11 is 0. The van der Waals surface area contributed by atoms with E-state index in [2.05, 4.69) is 182 Å². The minimum absolute atomic E-state index is 1.08. The smallest absolute Gasteiger partial charge is 0.0787 e. The van der Waals surface area contributed by atoms with E-state index in [4.69, 9.17) is 4.98 Å². The Hall–Kier alpha value is -7.35. The topological polar surface area (TPSA) is 12.9 Å². The zero-order chi connectivity index (χ0) is 36.5. The molecular weight excluding hydrogens is 675 g/mol. The summed E-state index contributed by atoms with van der Waals surface area (Å²) in [4.78, 5) is 4.89. The molecule has 0 aliphatic heterocycles.